The van der Waals surface area contributed by atoms with Gasteiger partial charge in [0.15, 0.2) is 0 Å². The molecular formula is C22H27NO2. The molecule has 0 saturated heterocycles. The second-order valence-electron chi connectivity index (χ2n) is 5.91. The molecule has 0 aliphatic carbocycles. The predicted molar refractivity (Wildman–Crippen MR) is 105 cm³/mol. The molecule has 3 heteroatoms. The number of ether oxygens (including phenoxy) is 2. The van der Waals surface area contributed by atoms with E-state index in [9.17, 15) is 0 Å². The highest BCUT2D eigenvalue weighted by Crippen LogP contribution is 2.14. The van der Waals surface area contributed by atoms with E-state index in [4.69, 9.17) is 9.47 Å². The lowest BCUT2D eigenvalue weighted by atomic mass is 10.2. The Morgan fingerprint density at radius 3 is 2.36 bits per heavy atom. The smallest absolute Gasteiger partial charge is 0.116 e. The quantitative estimate of drug-likeness (QED) is 0.458. The van der Waals surface area contributed by atoms with Gasteiger partial charge in [0, 0.05) is 19.3 Å². The average molecular weight is 337 g/mol. The van der Waals surface area contributed by atoms with E-state index in [1.54, 1.807) is 0 Å². The zero-order chi connectivity index (χ0) is 17.9. The molecule has 2 aromatic carbocycles. The van der Waals surface area contributed by atoms with Crippen LogP contribution >= 0.6 is 0 Å². The summed E-state index contributed by atoms with van der Waals surface area (Å²) in [5, 5.41) is 0. The minimum atomic E-state index is -0.0626. The summed E-state index contributed by atoms with van der Waals surface area (Å²) in [4.78, 5) is 2.18. The Bertz CT molecular complexity index is 652. The highest BCUT2D eigenvalue weighted by atomic mass is 16.5. The first-order chi connectivity index (χ1) is 12.2. The molecule has 25 heavy (non-hydrogen) atoms. The molecule has 0 radical (unpaired) electrons. The van der Waals surface area contributed by atoms with Crippen molar-refractivity contribution in [1.82, 2.24) is 0 Å². The predicted octanol–water partition coefficient (Wildman–Crippen LogP) is 4.81. The molecule has 2 rings (SSSR count). The Labute approximate surface area is 151 Å². The van der Waals surface area contributed by atoms with E-state index >= 15 is 0 Å². The van der Waals surface area contributed by atoms with Crippen molar-refractivity contribution in [2.24, 2.45) is 0 Å². The maximum atomic E-state index is 6.12. The van der Waals surface area contributed by atoms with Crippen molar-refractivity contribution in [3.05, 3.63) is 90.7 Å². The van der Waals surface area contributed by atoms with Crippen molar-refractivity contribution in [3.63, 3.8) is 0 Å². The first-order valence-electron chi connectivity index (χ1n) is 8.55. The van der Waals surface area contributed by atoms with Crippen molar-refractivity contribution in [2.75, 3.05) is 25.1 Å². The Morgan fingerprint density at radius 1 is 1.08 bits per heavy atom. The lowest BCUT2D eigenvalue weighted by Gasteiger charge is -2.26. The van der Waals surface area contributed by atoms with Crippen LogP contribution < -0.4 is 4.90 Å². The SMILES string of the molecule is C=C(/C=C\C)OCC(CN(C)c1ccccc1)OCc1ccccc1. The van der Waals surface area contributed by atoms with Gasteiger partial charge in [-0.05, 0) is 30.7 Å². The lowest BCUT2D eigenvalue weighted by molar-refractivity contribution is -0.000348. The van der Waals surface area contributed by atoms with Gasteiger partial charge in [-0.25, -0.2) is 0 Å². The van der Waals surface area contributed by atoms with Crippen LogP contribution in [-0.2, 0) is 16.1 Å². The summed E-state index contributed by atoms with van der Waals surface area (Å²) in [6.07, 6.45) is 3.71. The summed E-state index contributed by atoms with van der Waals surface area (Å²) in [7, 11) is 2.06. The molecule has 132 valence electrons. The van der Waals surface area contributed by atoms with Crippen LogP contribution in [0.1, 0.15) is 12.5 Å². The van der Waals surface area contributed by atoms with Gasteiger partial charge in [-0.1, -0.05) is 61.2 Å². The fraction of sp³-hybridized carbons (Fsp3) is 0.273. The molecular weight excluding hydrogens is 310 g/mol. The van der Waals surface area contributed by atoms with E-state index < -0.39 is 0 Å². The minimum absolute atomic E-state index is 0.0626. The molecule has 0 heterocycles. The van der Waals surface area contributed by atoms with Crippen molar-refractivity contribution >= 4 is 5.69 Å². The van der Waals surface area contributed by atoms with Crippen molar-refractivity contribution in [3.8, 4) is 0 Å². The van der Waals surface area contributed by atoms with Gasteiger partial charge >= 0.3 is 0 Å². The Balaban J connectivity index is 1.96. The number of para-hydroxylation sites is 1. The second kappa shape index (κ2) is 10.4. The van der Waals surface area contributed by atoms with Crippen LogP contribution in [0.15, 0.2) is 85.2 Å². The van der Waals surface area contributed by atoms with Crippen LogP contribution in [-0.4, -0.2) is 26.3 Å². The summed E-state index contributed by atoms with van der Waals surface area (Å²) >= 11 is 0. The fourth-order valence-corrected chi connectivity index (χ4v) is 2.47. The molecule has 0 aliphatic rings. The van der Waals surface area contributed by atoms with E-state index in [-0.39, 0.29) is 6.10 Å². The number of anilines is 1. The topological polar surface area (TPSA) is 21.7 Å². The monoisotopic (exact) mass is 337 g/mol. The van der Waals surface area contributed by atoms with Gasteiger partial charge < -0.3 is 14.4 Å². The molecule has 0 saturated carbocycles. The number of likely N-dealkylation sites (N-methyl/N-ethyl adjacent to an activating group) is 1. The summed E-state index contributed by atoms with van der Waals surface area (Å²) in [6.45, 7) is 7.60. The molecule has 0 amide bonds. The van der Waals surface area contributed by atoms with Crippen LogP contribution in [0.25, 0.3) is 0 Å². The molecule has 0 fully saturated rings. The highest BCUT2D eigenvalue weighted by molar-refractivity contribution is 5.45. The van der Waals surface area contributed by atoms with Crippen LogP contribution in [0.5, 0.6) is 0 Å². The summed E-state index contributed by atoms with van der Waals surface area (Å²) in [6, 6.07) is 20.5. The van der Waals surface area contributed by atoms with Crippen LogP contribution in [0.3, 0.4) is 0 Å². The molecule has 1 unspecified atom stereocenters. The van der Waals surface area contributed by atoms with Crippen LogP contribution in [0.4, 0.5) is 5.69 Å². The van der Waals surface area contributed by atoms with E-state index in [1.807, 2.05) is 55.5 Å². The van der Waals surface area contributed by atoms with Crippen molar-refractivity contribution in [1.29, 1.82) is 0 Å². The van der Waals surface area contributed by atoms with Gasteiger partial charge in [-0.3, -0.25) is 0 Å². The molecule has 0 spiro atoms. The number of rotatable bonds is 10. The zero-order valence-electron chi connectivity index (χ0n) is 15.1. The molecule has 2 aromatic rings. The molecule has 0 bridgehead atoms. The van der Waals surface area contributed by atoms with Crippen molar-refractivity contribution < 1.29 is 9.47 Å². The van der Waals surface area contributed by atoms with Gasteiger partial charge in [0.2, 0.25) is 0 Å². The van der Waals surface area contributed by atoms with Gasteiger partial charge in [-0.2, -0.15) is 0 Å². The highest BCUT2D eigenvalue weighted by Gasteiger charge is 2.14. The maximum absolute atomic E-state index is 6.12. The molecule has 0 aliphatic heterocycles. The third kappa shape index (κ3) is 6.86. The first kappa shape index (κ1) is 18.8. The first-order valence-corrected chi connectivity index (χ1v) is 8.55. The van der Waals surface area contributed by atoms with Crippen molar-refractivity contribution in [2.45, 2.75) is 19.6 Å². The van der Waals surface area contributed by atoms with Gasteiger partial charge in [0.05, 0.1) is 6.61 Å². The average Bonchev–Trinajstić information content (AvgIpc) is 2.65. The van der Waals surface area contributed by atoms with E-state index in [0.29, 0.717) is 19.0 Å². The fourth-order valence-electron chi connectivity index (χ4n) is 2.47. The standard InChI is InChI=1S/C22H27NO2/c1-4-11-19(2)24-18-22(25-17-20-12-7-5-8-13-20)16-23(3)21-14-9-6-10-15-21/h4-15,22H,2,16-18H2,1,3H3/b11-4-. The third-order valence-corrected chi connectivity index (χ3v) is 3.81. The van der Waals surface area contributed by atoms with E-state index in [0.717, 1.165) is 17.8 Å². The second-order valence-corrected chi connectivity index (χ2v) is 5.91. The molecule has 3 nitrogen and oxygen atoms in total. The molecule has 0 N–H and O–H groups in total. The number of nitrogens with zero attached hydrogens (tertiary/aromatic N) is 1. The lowest BCUT2D eigenvalue weighted by Crippen LogP contribution is -2.34. The third-order valence-electron chi connectivity index (χ3n) is 3.81. The van der Waals surface area contributed by atoms with E-state index in [1.165, 1.54) is 0 Å². The number of allylic oxidation sites excluding steroid dienone is 2. The number of hydrogen-bond acceptors (Lipinski definition) is 3. The van der Waals surface area contributed by atoms with E-state index in [2.05, 4.69) is 42.8 Å². The largest absolute Gasteiger partial charge is 0.491 e. The summed E-state index contributed by atoms with van der Waals surface area (Å²) in [5.74, 6) is 0.651. The normalized spacial score (nSPS) is 12.1. The summed E-state index contributed by atoms with van der Waals surface area (Å²) < 4.78 is 11.9. The van der Waals surface area contributed by atoms with Gasteiger partial charge in [0.1, 0.15) is 18.5 Å². The minimum Gasteiger partial charge on any atom is -0.491 e. The molecule has 0 aromatic heterocycles. The Hall–Kier alpha value is -2.52. The number of hydrogen-bond donors (Lipinski definition) is 0. The van der Waals surface area contributed by atoms with Crippen LogP contribution in [0, 0.1) is 0 Å². The van der Waals surface area contributed by atoms with Gasteiger partial charge in [0.25, 0.3) is 0 Å². The van der Waals surface area contributed by atoms with Crippen LogP contribution in [0.2, 0.25) is 0 Å². The van der Waals surface area contributed by atoms with Gasteiger partial charge in [-0.15, -0.1) is 0 Å². The number of benzene rings is 2. The summed E-state index contributed by atoms with van der Waals surface area (Å²) in [5.41, 5.74) is 2.31. The Morgan fingerprint density at radius 2 is 1.72 bits per heavy atom. The Kier molecular flexibility index (Phi) is 7.80. The maximum Gasteiger partial charge on any atom is 0.116 e. The molecule has 1 atom stereocenters. The zero-order valence-corrected chi connectivity index (χ0v) is 15.1.